The summed E-state index contributed by atoms with van der Waals surface area (Å²) in [6.45, 7) is 8.25. The third-order valence-electron chi connectivity index (χ3n) is 3.55. The third kappa shape index (κ3) is 3.88. The summed E-state index contributed by atoms with van der Waals surface area (Å²) in [5, 5.41) is 4.78. The molecule has 1 aromatic carbocycles. The van der Waals surface area contributed by atoms with Crippen molar-refractivity contribution in [2.45, 2.75) is 49.5 Å². The van der Waals surface area contributed by atoms with Crippen molar-refractivity contribution in [3.63, 3.8) is 0 Å². The highest BCUT2D eigenvalue weighted by Crippen LogP contribution is 2.37. The summed E-state index contributed by atoms with van der Waals surface area (Å²) in [6, 6.07) is 6.73. The normalized spacial score (nSPS) is 24.6. The molecule has 106 valence electrons. The first-order valence-electron chi connectivity index (χ1n) is 6.93. The van der Waals surface area contributed by atoms with Gasteiger partial charge in [-0.3, -0.25) is 0 Å². The smallest absolute Gasteiger partial charge is 0.0669 e. The summed E-state index contributed by atoms with van der Waals surface area (Å²) in [7, 11) is 0. The quantitative estimate of drug-likeness (QED) is 0.877. The van der Waals surface area contributed by atoms with Gasteiger partial charge in [-0.2, -0.15) is 0 Å². The monoisotopic (exact) mass is 299 g/mol. The largest absolute Gasteiger partial charge is 0.377 e. The van der Waals surface area contributed by atoms with Gasteiger partial charge in [0.25, 0.3) is 0 Å². The molecule has 1 aromatic rings. The van der Waals surface area contributed by atoms with E-state index in [1.165, 1.54) is 5.56 Å². The summed E-state index contributed by atoms with van der Waals surface area (Å²) >= 11 is 8.25. The maximum absolute atomic E-state index is 6.41. The molecular weight excluding hydrogens is 278 g/mol. The van der Waals surface area contributed by atoms with Gasteiger partial charge in [-0.05, 0) is 44.5 Å². The Bertz CT molecular complexity index is 427. The molecule has 0 aromatic heterocycles. The van der Waals surface area contributed by atoms with Crippen LogP contribution >= 0.6 is 23.4 Å². The van der Waals surface area contributed by atoms with Crippen molar-refractivity contribution in [3.05, 3.63) is 28.8 Å². The lowest BCUT2D eigenvalue weighted by Gasteiger charge is -2.17. The van der Waals surface area contributed by atoms with Crippen LogP contribution in [0.4, 0.5) is 0 Å². The molecule has 0 bridgehead atoms. The number of nitrogens with one attached hydrogen (secondary N) is 1. The first kappa shape index (κ1) is 15.2. The Labute approximate surface area is 125 Å². The topological polar surface area (TPSA) is 21.3 Å². The minimum absolute atomic E-state index is 0.321. The molecule has 1 N–H and O–H groups in total. The molecule has 1 aliphatic rings. The number of hydrogen-bond donors (Lipinski definition) is 1. The zero-order valence-corrected chi connectivity index (χ0v) is 13.4. The SMILES string of the molecule is CCNC(C)c1ccc(SC2CCOC2C)c(Cl)c1. The van der Waals surface area contributed by atoms with Crippen LogP contribution in [0.2, 0.25) is 5.02 Å². The van der Waals surface area contributed by atoms with Crippen molar-refractivity contribution in [2.24, 2.45) is 0 Å². The molecule has 1 heterocycles. The fourth-order valence-corrected chi connectivity index (χ4v) is 3.79. The fourth-order valence-electron chi connectivity index (χ4n) is 2.34. The molecule has 1 fully saturated rings. The van der Waals surface area contributed by atoms with Gasteiger partial charge in [0.15, 0.2) is 0 Å². The molecule has 0 aliphatic carbocycles. The Morgan fingerprint density at radius 1 is 1.53 bits per heavy atom. The predicted molar refractivity (Wildman–Crippen MR) is 83.2 cm³/mol. The van der Waals surface area contributed by atoms with Crippen molar-refractivity contribution in [1.82, 2.24) is 5.32 Å². The lowest BCUT2D eigenvalue weighted by atomic mass is 10.1. The molecule has 3 unspecified atom stereocenters. The van der Waals surface area contributed by atoms with E-state index in [-0.39, 0.29) is 0 Å². The predicted octanol–water partition coefficient (Wildman–Crippen LogP) is 4.28. The lowest BCUT2D eigenvalue weighted by molar-refractivity contribution is 0.127. The minimum atomic E-state index is 0.321. The van der Waals surface area contributed by atoms with E-state index in [4.69, 9.17) is 16.3 Å². The van der Waals surface area contributed by atoms with Gasteiger partial charge in [-0.15, -0.1) is 11.8 Å². The second-order valence-electron chi connectivity index (χ2n) is 4.99. The van der Waals surface area contributed by atoms with E-state index in [0.29, 0.717) is 17.4 Å². The van der Waals surface area contributed by atoms with Gasteiger partial charge in [0.1, 0.15) is 0 Å². The number of ether oxygens (including phenoxy) is 1. The van der Waals surface area contributed by atoms with Gasteiger partial charge in [0.05, 0.1) is 11.1 Å². The molecule has 1 aliphatic heterocycles. The Hall–Kier alpha value is -0.220. The fraction of sp³-hybridized carbons (Fsp3) is 0.600. The Kier molecular flexibility index (Phi) is 5.58. The zero-order valence-electron chi connectivity index (χ0n) is 11.8. The van der Waals surface area contributed by atoms with Crippen molar-refractivity contribution in [1.29, 1.82) is 0 Å². The summed E-state index contributed by atoms with van der Waals surface area (Å²) in [5.41, 5.74) is 1.24. The second kappa shape index (κ2) is 6.98. The molecule has 2 nitrogen and oxygen atoms in total. The maximum atomic E-state index is 6.41. The molecule has 0 saturated carbocycles. The van der Waals surface area contributed by atoms with Crippen LogP contribution in [0.3, 0.4) is 0 Å². The van der Waals surface area contributed by atoms with Crippen LogP contribution in [0.15, 0.2) is 23.1 Å². The molecular formula is C15H22ClNOS. The highest BCUT2D eigenvalue weighted by molar-refractivity contribution is 8.00. The van der Waals surface area contributed by atoms with E-state index >= 15 is 0 Å². The first-order chi connectivity index (χ1) is 9.11. The van der Waals surface area contributed by atoms with Gasteiger partial charge in [0.2, 0.25) is 0 Å². The van der Waals surface area contributed by atoms with Crippen LogP contribution < -0.4 is 5.32 Å². The number of thioether (sulfide) groups is 1. The van der Waals surface area contributed by atoms with Gasteiger partial charge < -0.3 is 10.1 Å². The van der Waals surface area contributed by atoms with Gasteiger partial charge in [-0.1, -0.05) is 24.6 Å². The van der Waals surface area contributed by atoms with E-state index < -0.39 is 0 Å². The van der Waals surface area contributed by atoms with Crippen molar-refractivity contribution in [3.8, 4) is 0 Å². The van der Waals surface area contributed by atoms with E-state index in [1.807, 2.05) is 11.8 Å². The summed E-state index contributed by atoms with van der Waals surface area (Å²) in [6.07, 6.45) is 1.43. The second-order valence-corrected chi connectivity index (χ2v) is 6.68. The molecule has 0 amide bonds. The molecule has 19 heavy (non-hydrogen) atoms. The maximum Gasteiger partial charge on any atom is 0.0669 e. The zero-order chi connectivity index (χ0) is 13.8. The number of rotatable bonds is 5. The van der Waals surface area contributed by atoms with Crippen molar-refractivity contribution in [2.75, 3.05) is 13.2 Å². The highest BCUT2D eigenvalue weighted by atomic mass is 35.5. The number of hydrogen-bond acceptors (Lipinski definition) is 3. The van der Waals surface area contributed by atoms with Crippen LogP contribution in [-0.2, 0) is 4.74 Å². The van der Waals surface area contributed by atoms with E-state index in [0.717, 1.165) is 29.5 Å². The van der Waals surface area contributed by atoms with Crippen LogP contribution in [0, 0.1) is 0 Å². The van der Waals surface area contributed by atoms with Gasteiger partial charge >= 0.3 is 0 Å². The molecule has 4 heteroatoms. The molecule has 0 spiro atoms. The van der Waals surface area contributed by atoms with E-state index in [1.54, 1.807) is 0 Å². The Morgan fingerprint density at radius 3 is 2.89 bits per heavy atom. The number of halogens is 1. The lowest BCUT2D eigenvalue weighted by Crippen LogP contribution is -2.17. The third-order valence-corrected chi connectivity index (χ3v) is 5.51. The van der Waals surface area contributed by atoms with Crippen LogP contribution in [-0.4, -0.2) is 24.5 Å². The van der Waals surface area contributed by atoms with Gasteiger partial charge in [0, 0.05) is 22.8 Å². The molecule has 3 atom stereocenters. The van der Waals surface area contributed by atoms with E-state index in [9.17, 15) is 0 Å². The van der Waals surface area contributed by atoms with Crippen LogP contribution in [0.5, 0.6) is 0 Å². The van der Waals surface area contributed by atoms with Crippen molar-refractivity contribution < 1.29 is 4.74 Å². The Balaban J connectivity index is 2.06. The van der Waals surface area contributed by atoms with Crippen molar-refractivity contribution >= 4 is 23.4 Å². The van der Waals surface area contributed by atoms with Crippen LogP contribution in [0.25, 0.3) is 0 Å². The summed E-state index contributed by atoms with van der Waals surface area (Å²) in [5.74, 6) is 0. The average molecular weight is 300 g/mol. The first-order valence-corrected chi connectivity index (χ1v) is 8.18. The highest BCUT2D eigenvalue weighted by Gasteiger charge is 2.25. The average Bonchev–Trinajstić information content (AvgIpc) is 2.78. The van der Waals surface area contributed by atoms with E-state index in [2.05, 4.69) is 44.3 Å². The molecule has 0 radical (unpaired) electrons. The molecule has 1 saturated heterocycles. The minimum Gasteiger partial charge on any atom is -0.377 e. The Morgan fingerprint density at radius 2 is 2.32 bits per heavy atom. The summed E-state index contributed by atoms with van der Waals surface area (Å²) < 4.78 is 5.60. The van der Waals surface area contributed by atoms with Gasteiger partial charge in [-0.25, -0.2) is 0 Å². The summed E-state index contributed by atoms with van der Waals surface area (Å²) in [4.78, 5) is 1.16. The molecule has 2 rings (SSSR count). The number of benzene rings is 1. The standard InChI is InChI=1S/C15H22ClNOS/c1-4-17-10(2)12-5-6-15(13(16)9-12)19-14-7-8-18-11(14)3/h5-6,9-11,14,17H,4,7-8H2,1-3H3. The van der Waals surface area contributed by atoms with Crippen LogP contribution in [0.1, 0.15) is 38.8 Å².